The zero-order chi connectivity index (χ0) is 19.2. The van der Waals surface area contributed by atoms with Crippen molar-refractivity contribution in [1.82, 2.24) is 10.2 Å². The third-order valence-corrected chi connectivity index (χ3v) is 4.79. The summed E-state index contributed by atoms with van der Waals surface area (Å²) in [4.78, 5) is 0. The lowest BCUT2D eigenvalue weighted by Gasteiger charge is -2.24. The minimum Gasteiger partial charge on any atom is -0.381 e. The number of rotatable bonds is 6. The van der Waals surface area contributed by atoms with Gasteiger partial charge >= 0.3 is 0 Å². The Morgan fingerprint density at radius 3 is 2.11 bits per heavy atom. The Kier molecular flexibility index (Phi) is 5.18. The molecule has 0 saturated carbocycles. The Balaban J connectivity index is 1.65. The van der Waals surface area contributed by atoms with E-state index >= 15 is 0 Å². The number of H-pyrrole nitrogens is 1. The molecule has 0 fully saturated rings. The van der Waals surface area contributed by atoms with E-state index < -0.39 is 5.60 Å². The smallest absolute Gasteiger partial charge is 0.114 e. The fraction of sp³-hybridized carbons (Fsp3) is 0.0800. The van der Waals surface area contributed by atoms with Gasteiger partial charge in [-0.2, -0.15) is 5.10 Å². The third kappa shape index (κ3) is 4.11. The summed E-state index contributed by atoms with van der Waals surface area (Å²) < 4.78 is 0. The molecule has 0 aliphatic carbocycles. The monoisotopic (exact) mass is 366 g/mol. The summed E-state index contributed by atoms with van der Waals surface area (Å²) in [6, 6.07) is 31.8. The van der Waals surface area contributed by atoms with Crippen LogP contribution in [0.15, 0.2) is 103 Å². The van der Waals surface area contributed by atoms with E-state index in [9.17, 15) is 5.11 Å². The molecule has 0 aliphatic heterocycles. The van der Waals surface area contributed by atoms with Crippen LogP contribution in [0.5, 0.6) is 0 Å². The lowest BCUT2D eigenvalue weighted by molar-refractivity contribution is 0.0896. The fourth-order valence-corrected chi connectivity index (χ4v) is 3.28. The molecule has 1 atom stereocenters. The number of aliphatic hydroxyl groups is 1. The number of hydrogen-bond donors (Lipinski definition) is 2. The van der Waals surface area contributed by atoms with Gasteiger partial charge in [-0.25, -0.2) is 0 Å². The lowest BCUT2D eigenvalue weighted by atomic mass is 9.88. The van der Waals surface area contributed by atoms with E-state index in [4.69, 9.17) is 0 Å². The highest BCUT2D eigenvalue weighted by atomic mass is 16.3. The van der Waals surface area contributed by atoms with Crippen LogP contribution in [0.1, 0.15) is 16.8 Å². The van der Waals surface area contributed by atoms with Gasteiger partial charge in [-0.3, -0.25) is 5.10 Å². The van der Waals surface area contributed by atoms with Gasteiger partial charge in [0.15, 0.2) is 0 Å². The van der Waals surface area contributed by atoms with E-state index in [1.807, 2.05) is 109 Å². The molecule has 3 nitrogen and oxygen atoms in total. The normalized spacial score (nSPS) is 13.5. The van der Waals surface area contributed by atoms with E-state index in [0.717, 1.165) is 28.1 Å². The van der Waals surface area contributed by atoms with Gasteiger partial charge in [-0.15, -0.1) is 0 Å². The van der Waals surface area contributed by atoms with Crippen LogP contribution in [0.2, 0.25) is 0 Å². The summed E-state index contributed by atoms with van der Waals surface area (Å²) in [7, 11) is 0. The van der Waals surface area contributed by atoms with Gasteiger partial charge in [0.25, 0.3) is 0 Å². The summed E-state index contributed by atoms with van der Waals surface area (Å²) in [5.74, 6) is 0. The maximum Gasteiger partial charge on any atom is 0.114 e. The molecule has 0 unspecified atom stereocenters. The SMILES string of the molecule is O[C@@](/C=C/c1ccccc1)(Cc1cc(-c2ccccc2)n[nH]1)c1ccccc1. The molecular formula is C25H22N2O. The summed E-state index contributed by atoms with van der Waals surface area (Å²) in [5, 5.41) is 19.0. The molecule has 0 aliphatic rings. The first-order valence-corrected chi connectivity index (χ1v) is 9.35. The molecular weight excluding hydrogens is 344 g/mol. The first-order chi connectivity index (χ1) is 13.7. The Morgan fingerprint density at radius 2 is 1.43 bits per heavy atom. The van der Waals surface area contributed by atoms with Gasteiger partial charge < -0.3 is 5.11 Å². The summed E-state index contributed by atoms with van der Waals surface area (Å²) in [5.41, 5.74) is 3.55. The van der Waals surface area contributed by atoms with Crippen LogP contribution in [-0.4, -0.2) is 15.3 Å². The van der Waals surface area contributed by atoms with Crippen molar-refractivity contribution in [3.05, 3.63) is 120 Å². The average molecular weight is 366 g/mol. The third-order valence-electron chi connectivity index (χ3n) is 4.79. The van der Waals surface area contributed by atoms with Crippen molar-refractivity contribution in [2.45, 2.75) is 12.0 Å². The van der Waals surface area contributed by atoms with Gasteiger partial charge in [0.2, 0.25) is 0 Å². The number of aromatic nitrogens is 2. The van der Waals surface area contributed by atoms with Crippen molar-refractivity contribution in [2.75, 3.05) is 0 Å². The quantitative estimate of drug-likeness (QED) is 0.491. The molecule has 3 heteroatoms. The number of nitrogens with one attached hydrogen (secondary N) is 1. The van der Waals surface area contributed by atoms with E-state index in [1.165, 1.54) is 0 Å². The second-order valence-electron chi connectivity index (χ2n) is 6.86. The molecule has 28 heavy (non-hydrogen) atoms. The number of benzene rings is 3. The minimum atomic E-state index is -1.14. The number of nitrogens with zero attached hydrogens (tertiary/aromatic N) is 1. The van der Waals surface area contributed by atoms with Crippen molar-refractivity contribution < 1.29 is 5.11 Å². The van der Waals surface area contributed by atoms with Crippen LogP contribution in [0, 0.1) is 0 Å². The predicted octanol–water partition coefficient (Wildman–Crippen LogP) is 5.22. The van der Waals surface area contributed by atoms with Crippen LogP contribution in [0.25, 0.3) is 17.3 Å². The number of aromatic amines is 1. The van der Waals surface area contributed by atoms with E-state index in [1.54, 1.807) is 0 Å². The highest BCUT2D eigenvalue weighted by Crippen LogP contribution is 2.29. The minimum absolute atomic E-state index is 0.403. The van der Waals surface area contributed by atoms with Crippen molar-refractivity contribution in [3.8, 4) is 11.3 Å². The largest absolute Gasteiger partial charge is 0.381 e. The summed E-state index contributed by atoms with van der Waals surface area (Å²) in [6.07, 6.45) is 4.22. The molecule has 0 bridgehead atoms. The van der Waals surface area contributed by atoms with Crippen LogP contribution >= 0.6 is 0 Å². The van der Waals surface area contributed by atoms with Gasteiger partial charge in [0.05, 0.1) is 5.69 Å². The van der Waals surface area contributed by atoms with Gasteiger partial charge in [0, 0.05) is 17.7 Å². The number of hydrogen-bond acceptors (Lipinski definition) is 2. The molecule has 3 aromatic carbocycles. The molecule has 0 spiro atoms. The highest BCUT2D eigenvalue weighted by Gasteiger charge is 2.27. The summed E-state index contributed by atoms with van der Waals surface area (Å²) >= 11 is 0. The van der Waals surface area contributed by atoms with Crippen LogP contribution < -0.4 is 0 Å². The molecule has 2 N–H and O–H groups in total. The van der Waals surface area contributed by atoms with Gasteiger partial charge in [-0.05, 0) is 23.3 Å². The van der Waals surface area contributed by atoms with Crippen LogP contribution in [0.4, 0.5) is 0 Å². The molecule has 4 rings (SSSR count). The van der Waals surface area contributed by atoms with Crippen molar-refractivity contribution in [2.24, 2.45) is 0 Å². The summed E-state index contributed by atoms with van der Waals surface area (Å²) in [6.45, 7) is 0. The Labute approximate surface area is 165 Å². The first-order valence-electron chi connectivity index (χ1n) is 9.35. The highest BCUT2D eigenvalue weighted by molar-refractivity contribution is 5.59. The van der Waals surface area contributed by atoms with Crippen molar-refractivity contribution in [3.63, 3.8) is 0 Å². The Hall–Kier alpha value is -3.43. The molecule has 1 aromatic heterocycles. The van der Waals surface area contributed by atoms with Crippen LogP contribution in [-0.2, 0) is 12.0 Å². The molecule has 138 valence electrons. The molecule has 0 radical (unpaired) electrons. The fourth-order valence-electron chi connectivity index (χ4n) is 3.28. The average Bonchev–Trinajstić information content (AvgIpc) is 3.23. The second kappa shape index (κ2) is 8.07. The standard InChI is InChI=1S/C25H22N2O/c28-25(22-14-8-3-9-15-22,17-16-20-10-4-1-5-11-20)19-23-18-24(27-26-23)21-12-6-2-7-13-21/h1-18,28H,19H2,(H,26,27)/b17-16+/t25-/m0/s1. The van der Waals surface area contributed by atoms with E-state index in [2.05, 4.69) is 10.2 Å². The van der Waals surface area contributed by atoms with Gasteiger partial charge in [0.1, 0.15) is 5.60 Å². The molecule has 0 saturated heterocycles. The second-order valence-corrected chi connectivity index (χ2v) is 6.86. The maximum atomic E-state index is 11.5. The van der Waals surface area contributed by atoms with Crippen molar-refractivity contribution in [1.29, 1.82) is 0 Å². The van der Waals surface area contributed by atoms with E-state index in [0.29, 0.717) is 6.42 Å². The van der Waals surface area contributed by atoms with E-state index in [-0.39, 0.29) is 0 Å². The zero-order valence-corrected chi connectivity index (χ0v) is 15.5. The lowest BCUT2D eigenvalue weighted by Crippen LogP contribution is -2.26. The van der Waals surface area contributed by atoms with Crippen LogP contribution in [0.3, 0.4) is 0 Å². The Bertz CT molecular complexity index is 1040. The zero-order valence-electron chi connectivity index (χ0n) is 15.5. The molecule has 1 heterocycles. The Morgan fingerprint density at radius 1 is 0.821 bits per heavy atom. The van der Waals surface area contributed by atoms with Crippen molar-refractivity contribution >= 4 is 6.08 Å². The topological polar surface area (TPSA) is 48.9 Å². The molecule has 4 aromatic rings. The van der Waals surface area contributed by atoms with Gasteiger partial charge in [-0.1, -0.05) is 97.1 Å². The predicted molar refractivity (Wildman–Crippen MR) is 114 cm³/mol. The molecule has 0 amide bonds. The first kappa shape index (κ1) is 18.0. The maximum absolute atomic E-state index is 11.5.